The molecule has 0 aromatic rings. The molecule has 0 radical (unpaired) electrons. The molecule has 2 rings (SSSR count). The molecule has 0 aromatic carbocycles. The minimum atomic E-state index is -0.745. The van der Waals surface area contributed by atoms with Crippen molar-refractivity contribution in [1.82, 2.24) is 0 Å². The highest BCUT2D eigenvalue weighted by Gasteiger charge is 2.25. The summed E-state index contributed by atoms with van der Waals surface area (Å²) in [7, 11) is 0. The van der Waals surface area contributed by atoms with Crippen molar-refractivity contribution in [2.45, 2.75) is 13.3 Å². The Morgan fingerprint density at radius 3 is 2.21 bits per heavy atom. The normalized spacial score (nSPS) is 16.7. The van der Waals surface area contributed by atoms with Crippen molar-refractivity contribution in [3.05, 3.63) is 34.4 Å². The summed E-state index contributed by atoms with van der Waals surface area (Å²) in [5, 5.41) is 8.30. The van der Waals surface area contributed by atoms with E-state index in [-0.39, 0.29) is 12.2 Å². The van der Waals surface area contributed by atoms with Crippen LogP contribution in [-0.2, 0) is 9.59 Å². The maximum absolute atomic E-state index is 10.9. The van der Waals surface area contributed by atoms with Crippen molar-refractivity contribution in [2.24, 2.45) is 0 Å². The van der Waals surface area contributed by atoms with E-state index in [2.05, 4.69) is 0 Å². The average Bonchev–Trinajstić information content (AvgIpc) is 2.61. The van der Waals surface area contributed by atoms with Crippen LogP contribution in [-0.4, -0.2) is 16.9 Å². The monoisotopic (exact) mass is 212 g/mol. The smallest absolute Gasteiger partial charge is 0.303 e. The Morgan fingerprint density at radius 2 is 2.07 bits per heavy atom. The maximum atomic E-state index is 10.9. The fraction of sp³-hybridized carbons (Fsp3) is 0.200. The SMILES string of the molecule is CCC(=O)O.O=C1C2=CC(Cl)=C1C=C2. The topological polar surface area (TPSA) is 54.4 Å². The molecule has 0 saturated heterocycles. The first kappa shape index (κ1) is 10.7. The van der Waals surface area contributed by atoms with Gasteiger partial charge in [0.15, 0.2) is 5.78 Å². The van der Waals surface area contributed by atoms with Gasteiger partial charge in [-0.25, -0.2) is 0 Å². The van der Waals surface area contributed by atoms with Gasteiger partial charge in [-0.05, 0) is 12.2 Å². The van der Waals surface area contributed by atoms with Gasteiger partial charge in [0.05, 0.1) is 5.03 Å². The summed E-state index contributed by atoms with van der Waals surface area (Å²) in [4.78, 5) is 20.3. The van der Waals surface area contributed by atoms with E-state index in [0.717, 1.165) is 5.57 Å². The summed E-state index contributed by atoms with van der Waals surface area (Å²) in [6, 6.07) is 0. The Kier molecular flexibility index (Phi) is 3.25. The highest BCUT2D eigenvalue weighted by atomic mass is 35.5. The van der Waals surface area contributed by atoms with Gasteiger partial charge in [-0.2, -0.15) is 0 Å². The number of rotatable bonds is 1. The van der Waals surface area contributed by atoms with Crippen LogP contribution in [0.5, 0.6) is 0 Å². The van der Waals surface area contributed by atoms with Gasteiger partial charge in [-0.3, -0.25) is 9.59 Å². The summed E-state index contributed by atoms with van der Waals surface area (Å²) >= 11 is 5.63. The van der Waals surface area contributed by atoms with E-state index in [1.165, 1.54) is 0 Å². The molecule has 74 valence electrons. The molecule has 0 atom stereocenters. The van der Waals surface area contributed by atoms with Gasteiger partial charge in [0, 0.05) is 17.6 Å². The van der Waals surface area contributed by atoms with Gasteiger partial charge in [0.25, 0.3) is 0 Å². The molecule has 0 aliphatic heterocycles. The Morgan fingerprint density at radius 1 is 1.50 bits per heavy atom. The molecule has 0 fully saturated rings. The number of carbonyl (C=O) groups is 2. The largest absolute Gasteiger partial charge is 0.481 e. The number of fused-ring (bicyclic) bond motifs is 2. The molecule has 14 heavy (non-hydrogen) atoms. The second-order valence-electron chi connectivity index (χ2n) is 2.77. The molecule has 0 heterocycles. The summed E-state index contributed by atoms with van der Waals surface area (Å²) < 4.78 is 0. The van der Waals surface area contributed by atoms with E-state index < -0.39 is 5.97 Å². The fourth-order valence-corrected chi connectivity index (χ4v) is 1.26. The number of carbonyl (C=O) groups excluding carboxylic acids is 1. The van der Waals surface area contributed by atoms with Crippen molar-refractivity contribution in [3.8, 4) is 0 Å². The highest BCUT2D eigenvalue weighted by molar-refractivity contribution is 6.38. The molecule has 0 saturated carbocycles. The van der Waals surface area contributed by atoms with Crippen molar-refractivity contribution < 1.29 is 14.7 Å². The molecule has 0 aromatic heterocycles. The Bertz CT molecular complexity index is 375. The lowest BCUT2D eigenvalue weighted by atomic mass is 10.2. The number of halogens is 1. The average molecular weight is 213 g/mol. The third-order valence-electron chi connectivity index (χ3n) is 1.78. The lowest BCUT2D eigenvalue weighted by molar-refractivity contribution is -0.136. The van der Waals surface area contributed by atoms with Gasteiger partial charge >= 0.3 is 5.97 Å². The molecule has 0 amide bonds. The molecule has 2 aliphatic carbocycles. The van der Waals surface area contributed by atoms with Gasteiger partial charge in [-0.1, -0.05) is 24.6 Å². The molecule has 3 nitrogen and oxygen atoms in total. The fourth-order valence-electron chi connectivity index (χ4n) is 0.996. The van der Waals surface area contributed by atoms with Crippen LogP contribution in [0, 0.1) is 0 Å². The molecule has 0 spiro atoms. The van der Waals surface area contributed by atoms with Gasteiger partial charge < -0.3 is 5.11 Å². The van der Waals surface area contributed by atoms with E-state index in [0.29, 0.717) is 10.6 Å². The van der Waals surface area contributed by atoms with Crippen LogP contribution in [0.15, 0.2) is 34.4 Å². The van der Waals surface area contributed by atoms with Crippen molar-refractivity contribution in [1.29, 1.82) is 0 Å². The second kappa shape index (κ2) is 4.24. The van der Waals surface area contributed by atoms with Gasteiger partial charge in [0.1, 0.15) is 0 Å². The summed E-state index contributed by atoms with van der Waals surface area (Å²) in [5.41, 5.74) is 1.36. The summed E-state index contributed by atoms with van der Waals surface area (Å²) in [6.45, 7) is 1.60. The molecular formula is C10H9ClO3. The van der Waals surface area contributed by atoms with E-state index in [1.54, 1.807) is 25.2 Å². The van der Waals surface area contributed by atoms with E-state index in [9.17, 15) is 9.59 Å². The number of carboxylic acid groups (broad SMARTS) is 1. The second-order valence-corrected chi connectivity index (χ2v) is 3.18. The van der Waals surface area contributed by atoms with Crippen LogP contribution >= 0.6 is 11.6 Å². The first-order valence-corrected chi connectivity index (χ1v) is 4.50. The first-order valence-electron chi connectivity index (χ1n) is 4.12. The minimum absolute atomic E-state index is 0.0694. The summed E-state index contributed by atoms with van der Waals surface area (Å²) in [5.74, 6) is -0.676. The summed E-state index contributed by atoms with van der Waals surface area (Å²) in [6.07, 6.45) is 5.45. The Labute approximate surface area is 86.4 Å². The molecule has 4 heteroatoms. The van der Waals surface area contributed by atoms with Gasteiger partial charge in [0.2, 0.25) is 0 Å². The third kappa shape index (κ3) is 2.12. The number of hydrogen-bond acceptors (Lipinski definition) is 2. The van der Waals surface area contributed by atoms with Crippen LogP contribution < -0.4 is 0 Å². The van der Waals surface area contributed by atoms with Crippen LogP contribution in [0.4, 0.5) is 0 Å². The minimum Gasteiger partial charge on any atom is -0.481 e. The first-order chi connectivity index (χ1) is 6.56. The zero-order valence-corrected chi connectivity index (χ0v) is 8.34. The van der Waals surface area contributed by atoms with Crippen molar-refractivity contribution in [2.75, 3.05) is 0 Å². The molecule has 2 bridgehead atoms. The number of aliphatic carboxylic acids is 1. The number of carboxylic acids is 1. The van der Waals surface area contributed by atoms with Crippen LogP contribution in [0.2, 0.25) is 0 Å². The molecular weight excluding hydrogens is 204 g/mol. The molecule has 0 unspecified atom stereocenters. The Balaban J connectivity index is 0.000000171. The number of ketones is 1. The quantitative estimate of drug-likeness (QED) is 0.724. The molecule has 2 aliphatic rings. The predicted octanol–water partition coefficient (Wildman–Crippen LogP) is 2.04. The van der Waals surface area contributed by atoms with Gasteiger partial charge in [-0.15, -0.1) is 0 Å². The zero-order valence-electron chi connectivity index (χ0n) is 7.58. The van der Waals surface area contributed by atoms with Crippen LogP contribution in [0.1, 0.15) is 13.3 Å². The molecule has 1 N–H and O–H groups in total. The van der Waals surface area contributed by atoms with E-state index in [4.69, 9.17) is 16.7 Å². The lowest BCUT2D eigenvalue weighted by Crippen LogP contribution is -1.89. The van der Waals surface area contributed by atoms with Crippen molar-refractivity contribution >= 4 is 23.4 Å². The number of Topliss-reactive ketones (excluding diaryl/α,β-unsaturated/α-hetero) is 1. The lowest BCUT2D eigenvalue weighted by Gasteiger charge is -1.84. The standard InChI is InChI=1S/C7H3ClO.C3H6O2/c8-6-3-4-1-2-5(6)7(4)9;1-2-3(4)5/h1-3H;2H2,1H3,(H,4,5). The van der Waals surface area contributed by atoms with Crippen LogP contribution in [0.3, 0.4) is 0 Å². The Hall–Kier alpha value is -1.35. The third-order valence-corrected chi connectivity index (χ3v) is 2.09. The highest BCUT2D eigenvalue weighted by Crippen LogP contribution is 2.31. The number of allylic oxidation sites excluding steroid dienone is 6. The van der Waals surface area contributed by atoms with E-state index >= 15 is 0 Å². The van der Waals surface area contributed by atoms with Crippen LogP contribution in [0.25, 0.3) is 0 Å². The number of hydrogen-bond donors (Lipinski definition) is 1. The maximum Gasteiger partial charge on any atom is 0.303 e. The predicted molar refractivity (Wildman–Crippen MR) is 53.0 cm³/mol. The van der Waals surface area contributed by atoms with Crippen molar-refractivity contribution in [3.63, 3.8) is 0 Å². The zero-order chi connectivity index (χ0) is 10.7. The van der Waals surface area contributed by atoms with E-state index in [1.807, 2.05) is 0 Å².